The predicted octanol–water partition coefficient (Wildman–Crippen LogP) is 1.48. The van der Waals surface area contributed by atoms with Crippen molar-refractivity contribution in [2.45, 2.75) is 26.3 Å². The maximum absolute atomic E-state index is 12.1. The van der Waals surface area contributed by atoms with Crippen LogP contribution in [0.15, 0.2) is 18.2 Å². The van der Waals surface area contributed by atoms with Crippen molar-refractivity contribution >= 4 is 17.9 Å². The highest BCUT2D eigenvalue weighted by Crippen LogP contribution is 2.24. The fourth-order valence-corrected chi connectivity index (χ4v) is 1.72. The summed E-state index contributed by atoms with van der Waals surface area (Å²) < 4.78 is 15.0. The van der Waals surface area contributed by atoms with Gasteiger partial charge in [-0.3, -0.25) is 10.1 Å². The molecule has 0 unspecified atom stereocenters. The largest absolute Gasteiger partial charge is 0.497 e. The maximum Gasteiger partial charge on any atom is 0.342 e. The molecular formula is C16H22N2O6. The van der Waals surface area contributed by atoms with Crippen LogP contribution in [-0.2, 0) is 9.53 Å². The third-order valence-corrected chi connectivity index (χ3v) is 2.70. The van der Waals surface area contributed by atoms with Gasteiger partial charge in [0.15, 0.2) is 6.61 Å². The zero-order valence-electron chi connectivity index (χ0n) is 14.4. The van der Waals surface area contributed by atoms with Crippen molar-refractivity contribution in [1.29, 1.82) is 0 Å². The summed E-state index contributed by atoms with van der Waals surface area (Å²) in [6, 6.07) is 3.94. The summed E-state index contributed by atoms with van der Waals surface area (Å²) in [4.78, 5) is 35.3. The van der Waals surface area contributed by atoms with Crippen LogP contribution >= 0.6 is 0 Å². The van der Waals surface area contributed by atoms with Crippen LogP contribution in [0.1, 0.15) is 31.1 Å². The van der Waals surface area contributed by atoms with Gasteiger partial charge in [0.05, 0.1) is 14.2 Å². The minimum absolute atomic E-state index is 0.115. The number of amides is 3. The van der Waals surface area contributed by atoms with E-state index in [0.717, 1.165) is 0 Å². The lowest BCUT2D eigenvalue weighted by molar-refractivity contribution is -0.123. The SMILES string of the molecule is COc1ccc(OC)c(C(=O)OCC(=O)NC(=O)NC(C)(C)C)c1. The average molecular weight is 338 g/mol. The van der Waals surface area contributed by atoms with Crippen molar-refractivity contribution < 1.29 is 28.6 Å². The van der Waals surface area contributed by atoms with Gasteiger partial charge < -0.3 is 19.5 Å². The summed E-state index contributed by atoms with van der Waals surface area (Å²) in [5, 5.41) is 4.63. The molecule has 0 aliphatic rings. The van der Waals surface area contributed by atoms with E-state index in [-0.39, 0.29) is 11.3 Å². The van der Waals surface area contributed by atoms with Crippen molar-refractivity contribution in [3.05, 3.63) is 23.8 Å². The number of carbonyl (C=O) groups excluding carboxylic acids is 3. The quantitative estimate of drug-likeness (QED) is 0.789. The molecule has 2 N–H and O–H groups in total. The zero-order chi connectivity index (χ0) is 18.3. The van der Waals surface area contributed by atoms with E-state index < -0.39 is 30.1 Å². The third kappa shape index (κ3) is 6.15. The first kappa shape index (κ1) is 19.3. The van der Waals surface area contributed by atoms with E-state index in [9.17, 15) is 14.4 Å². The Kier molecular flexibility index (Phi) is 6.58. The van der Waals surface area contributed by atoms with Crippen LogP contribution in [0.5, 0.6) is 11.5 Å². The number of nitrogens with one attached hydrogen (secondary N) is 2. The predicted molar refractivity (Wildman–Crippen MR) is 86.3 cm³/mol. The number of hydrogen-bond acceptors (Lipinski definition) is 6. The van der Waals surface area contributed by atoms with Gasteiger partial charge >= 0.3 is 12.0 Å². The fourth-order valence-electron chi connectivity index (χ4n) is 1.72. The van der Waals surface area contributed by atoms with E-state index in [2.05, 4.69) is 10.6 Å². The molecule has 132 valence electrons. The lowest BCUT2D eigenvalue weighted by atomic mass is 10.1. The molecule has 1 aromatic rings. The molecule has 8 heteroatoms. The van der Waals surface area contributed by atoms with Gasteiger partial charge in [-0.05, 0) is 39.0 Å². The Balaban J connectivity index is 2.63. The van der Waals surface area contributed by atoms with E-state index in [1.807, 2.05) is 0 Å². The topological polar surface area (TPSA) is 103 Å². The van der Waals surface area contributed by atoms with Crippen LogP contribution < -0.4 is 20.1 Å². The highest BCUT2D eigenvalue weighted by Gasteiger charge is 2.19. The molecule has 0 fully saturated rings. The number of urea groups is 1. The molecule has 1 rings (SSSR count). The van der Waals surface area contributed by atoms with E-state index in [1.165, 1.54) is 20.3 Å². The highest BCUT2D eigenvalue weighted by molar-refractivity contribution is 5.98. The van der Waals surface area contributed by atoms with Gasteiger partial charge in [0.25, 0.3) is 5.91 Å². The minimum atomic E-state index is -0.767. The molecule has 0 spiro atoms. The molecule has 0 saturated heterocycles. The highest BCUT2D eigenvalue weighted by atomic mass is 16.5. The molecule has 1 aromatic carbocycles. The summed E-state index contributed by atoms with van der Waals surface area (Å²) in [6.07, 6.45) is 0. The number of imide groups is 1. The van der Waals surface area contributed by atoms with E-state index >= 15 is 0 Å². The van der Waals surface area contributed by atoms with Gasteiger partial charge in [0.1, 0.15) is 17.1 Å². The minimum Gasteiger partial charge on any atom is -0.497 e. The van der Waals surface area contributed by atoms with Crippen LogP contribution in [0.4, 0.5) is 4.79 Å². The lowest BCUT2D eigenvalue weighted by Gasteiger charge is -2.20. The van der Waals surface area contributed by atoms with Crippen molar-refractivity contribution in [1.82, 2.24) is 10.6 Å². The summed E-state index contributed by atoms with van der Waals surface area (Å²) in [6.45, 7) is 4.71. The second-order valence-corrected chi connectivity index (χ2v) is 5.89. The summed E-state index contributed by atoms with van der Waals surface area (Å²) >= 11 is 0. The van der Waals surface area contributed by atoms with Gasteiger partial charge in [0, 0.05) is 5.54 Å². The van der Waals surface area contributed by atoms with Crippen molar-refractivity contribution in [2.75, 3.05) is 20.8 Å². The standard InChI is InChI=1S/C16H22N2O6/c1-16(2,3)18-15(21)17-13(19)9-24-14(20)11-8-10(22-4)6-7-12(11)23-5/h6-8H,9H2,1-5H3,(H2,17,18,19,21). The molecule has 0 aliphatic carbocycles. The second-order valence-electron chi connectivity index (χ2n) is 5.89. The van der Waals surface area contributed by atoms with Crippen LogP contribution in [0.2, 0.25) is 0 Å². The number of carbonyl (C=O) groups is 3. The first-order valence-electron chi connectivity index (χ1n) is 7.17. The van der Waals surface area contributed by atoms with E-state index in [0.29, 0.717) is 5.75 Å². The van der Waals surface area contributed by atoms with Crippen LogP contribution in [0, 0.1) is 0 Å². The molecular weight excluding hydrogens is 316 g/mol. The number of benzene rings is 1. The molecule has 0 bridgehead atoms. The van der Waals surface area contributed by atoms with Crippen molar-refractivity contribution in [3.63, 3.8) is 0 Å². The summed E-state index contributed by atoms with van der Waals surface area (Å²) in [7, 11) is 2.86. The monoisotopic (exact) mass is 338 g/mol. The number of esters is 1. The number of ether oxygens (including phenoxy) is 3. The Morgan fingerprint density at radius 2 is 1.75 bits per heavy atom. The van der Waals surface area contributed by atoms with E-state index in [1.54, 1.807) is 32.9 Å². The Morgan fingerprint density at radius 3 is 2.29 bits per heavy atom. The maximum atomic E-state index is 12.1. The Morgan fingerprint density at radius 1 is 1.08 bits per heavy atom. The lowest BCUT2D eigenvalue weighted by Crippen LogP contribution is -2.49. The van der Waals surface area contributed by atoms with Crippen LogP contribution in [-0.4, -0.2) is 44.3 Å². The number of rotatable bonds is 5. The summed E-state index contributed by atoms with van der Waals surface area (Å²) in [5.41, 5.74) is -0.376. The molecule has 8 nitrogen and oxygen atoms in total. The first-order chi connectivity index (χ1) is 11.2. The van der Waals surface area contributed by atoms with Crippen LogP contribution in [0.3, 0.4) is 0 Å². The van der Waals surface area contributed by atoms with Gasteiger partial charge in [-0.1, -0.05) is 0 Å². The van der Waals surface area contributed by atoms with Crippen molar-refractivity contribution in [3.8, 4) is 11.5 Å². The second kappa shape index (κ2) is 8.19. The van der Waals surface area contributed by atoms with Gasteiger partial charge in [-0.15, -0.1) is 0 Å². The molecule has 0 aromatic heterocycles. The van der Waals surface area contributed by atoms with E-state index in [4.69, 9.17) is 14.2 Å². The average Bonchev–Trinajstić information content (AvgIpc) is 2.49. The summed E-state index contributed by atoms with van der Waals surface area (Å²) in [5.74, 6) is -0.785. The van der Waals surface area contributed by atoms with Gasteiger partial charge in [0.2, 0.25) is 0 Å². The first-order valence-corrected chi connectivity index (χ1v) is 7.17. The third-order valence-electron chi connectivity index (χ3n) is 2.70. The molecule has 3 amide bonds. The molecule has 0 radical (unpaired) electrons. The Bertz CT molecular complexity index is 621. The Hall–Kier alpha value is -2.77. The smallest absolute Gasteiger partial charge is 0.342 e. The molecule has 0 aliphatic heterocycles. The fraction of sp³-hybridized carbons (Fsp3) is 0.438. The van der Waals surface area contributed by atoms with Crippen LogP contribution in [0.25, 0.3) is 0 Å². The Labute approximate surface area is 140 Å². The molecule has 24 heavy (non-hydrogen) atoms. The van der Waals surface area contributed by atoms with Gasteiger partial charge in [-0.25, -0.2) is 9.59 Å². The van der Waals surface area contributed by atoms with Crippen molar-refractivity contribution in [2.24, 2.45) is 0 Å². The molecule has 0 heterocycles. The molecule has 0 saturated carbocycles. The zero-order valence-corrected chi connectivity index (χ0v) is 14.4. The molecule has 0 atom stereocenters. The number of methoxy groups -OCH3 is 2. The number of hydrogen-bond donors (Lipinski definition) is 2. The normalized spacial score (nSPS) is 10.5. The van der Waals surface area contributed by atoms with Gasteiger partial charge in [-0.2, -0.15) is 0 Å².